The summed E-state index contributed by atoms with van der Waals surface area (Å²) >= 11 is 1.62. The Kier molecular flexibility index (Phi) is 4.52. The Bertz CT molecular complexity index is 557. The van der Waals surface area contributed by atoms with Crippen molar-refractivity contribution in [1.82, 2.24) is 4.90 Å². The van der Waals surface area contributed by atoms with Crippen molar-refractivity contribution in [3.63, 3.8) is 0 Å². The number of carbonyl (C=O) groups is 2. The van der Waals surface area contributed by atoms with Gasteiger partial charge in [0.25, 0.3) is 5.91 Å². The van der Waals surface area contributed by atoms with E-state index in [0.717, 1.165) is 24.1 Å². The molecule has 0 bridgehead atoms. The highest BCUT2D eigenvalue weighted by molar-refractivity contribution is 7.14. The summed E-state index contributed by atoms with van der Waals surface area (Å²) in [5.74, 6) is -1.18. The maximum atomic E-state index is 12.8. The highest BCUT2D eigenvalue weighted by Crippen LogP contribution is 2.31. The summed E-state index contributed by atoms with van der Waals surface area (Å²) in [5, 5.41) is 9.22. The van der Waals surface area contributed by atoms with Gasteiger partial charge in [-0.2, -0.15) is 0 Å². The molecule has 22 heavy (non-hydrogen) atoms. The zero-order chi connectivity index (χ0) is 15.7. The van der Waals surface area contributed by atoms with Gasteiger partial charge in [-0.25, -0.2) is 0 Å². The molecular formula is C17H23NO3S. The van der Waals surface area contributed by atoms with Crippen LogP contribution in [-0.2, 0) is 17.6 Å². The molecule has 4 nitrogen and oxygen atoms in total. The number of piperidine rings is 1. The molecule has 2 atom stereocenters. The van der Waals surface area contributed by atoms with E-state index >= 15 is 0 Å². The van der Waals surface area contributed by atoms with E-state index in [1.807, 2.05) is 6.92 Å². The molecule has 2 heterocycles. The van der Waals surface area contributed by atoms with Gasteiger partial charge >= 0.3 is 5.97 Å². The number of nitrogens with zero attached hydrogens (tertiary/aromatic N) is 1. The third-order valence-corrected chi connectivity index (χ3v) is 6.17. The average molecular weight is 321 g/mol. The Morgan fingerprint density at radius 2 is 2.00 bits per heavy atom. The van der Waals surface area contributed by atoms with Crippen molar-refractivity contribution in [3.8, 4) is 0 Å². The molecule has 0 aromatic carbocycles. The highest BCUT2D eigenvalue weighted by atomic mass is 32.1. The van der Waals surface area contributed by atoms with Crippen LogP contribution in [0.1, 0.15) is 59.1 Å². The van der Waals surface area contributed by atoms with Crippen LogP contribution in [0.15, 0.2) is 6.07 Å². The molecule has 2 unspecified atom stereocenters. The Morgan fingerprint density at radius 1 is 1.23 bits per heavy atom. The van der Waals surface area contributed by atoms with Gasteiger partial charge in [-0.15, -0.1) is 11.3 Å². The first-order valence-electron chi connectivity index (χ1n) is 8.21. The average Bonchev–Trinajstić information content (AvgIpc) is 2.78. The van der Waals surface area contributed by atoms with Crippen molar-refractivity contribution in [2.45, 2.75) is 57.9 Å². The van der Waals surface area contributed by atoms with Gasteiger partial charge in [0.1, 0.15) is 0 Å². The number of amides is 1. The van der Waals surface area contributed by atoms with Gasteiger partial charge in [-0.1, -0.05) is 6.42 Å². The van der Waals surface area contributed by atoms with Gasteiger partial charge in [-0.3, -0.25) is 9.59 Å². The molecule has 0 spiro atoms. The second-order valence-electron chi connectivity index (χ2n) is 6.54. The number of fused-ring (bicyclic) bond motifs is 1. The number of thiophene rings is 1. The van der Waals surface area contributed by atoms with Crippen LogP contribution >= 0.6 is 11.3 Å². The molecule has 3 rings (SSSR count). The molecule has 1 aromatic rings. The summed E-state index contributed by atoms with van der Waals surface area (Å²) in [6.45, 7) is 2.37. The number of carboxylic acid groups (broad SMARTS) is 1. The lowest BCUT2D eigenvalue weighted by atomic mass is 9.93. The molecule has 120 valence electrons. The molecule has 0 saturated carbocycles. The van der Waals surface area contributed by atoms with Gasteiger partial charge in [0.2, 0.25) is 0 Å². The summed E-state index contributed by atoms with van der Waals surface area (Å²) in [6, 6.07) is 2.19. The summed E-state index contributed by atoms with van der Waals surface area (Å²) < 4.78 is 0. The van der Waals surface area contributed by atoms with Gasteiger partial charge in [0.05, 0.1) is 10.8 Å². The molecule has 5 heteroatoms. The van der Waals surface area contributed by atoms with Crippen molar-refractivity contribution in [2.75, 3.05) is 6.54 Å². The Hall–Kier alpha value is -1.36. The number of hydrogen-bond donors (Lipinski definition) is 1. The van der Waals surface area contributed by atoms with Crippen molar-refractivity contribution < 1.29 is 14.7 Å². The lowest BCUT2D eigenvalue weighted by molar-refractivity contribution is -0.143. The van der Waals surface area contributed by atoms with E-state index in [1.165, 1.54) is 29.7 Å². The quantitative estimate of drug-likeness (QED) is 0.850. The summed E-state index contributed by atoms with van der Waals surface area (Å²) in [7, 11) is 0. The van der Waals surface area contributed by atoms with E-state index in [9.17, 15) is 14.7 Å². The molecule has 1 aromatic heterocycles. The summed E-state index contributed by atoms with van der Waals surface area (Å²) in [4.78, 5) is 28.0. The minimum Gasteiger partial charge on any atom is -0.481 e. The molecule has 2 aliphatic rings. The second kappa shape index (κ2) is 6.41. The normalized spacial score (nSPS) is 25.4. The van der Waals surface area contributed by atoms with Crippen LogP contribution in [0.4, 0.5) is 0 Å². The highest BCUT2D eigenvalue weighted by Gasteiger charge is 2.33. The Labute approximate surface area is 135 Å². The fourth-order valence-corrected chi connectivity index (χ4v) is 4.72. The maximum absolute atomic E-state index is 12.8. The fourth-order valence-electron chi connectivity index (χ4n) is 3.51. The Morgan fingerprint density at radius 3 is 2.77 bits per heavy atom. The van der Waals surface area contributed by atoms with Crippen molar-refractivity contribution >= 4 is 23.2 Å². The largest absolute Gasteiger partial charge is 0.481 e. The van der Waals surface area contributed by atoms with E-state index < -0.39 is 11.9 Å². The molecule has 1 fully saturated rings. The first kappa shape index (κ1) is 15.5. The van der Waals surface area contributed by atoms with E-state index in [1.54, 1.807) is 16.2 Å². The number of carbonyl (C=O) groups excluding carboxylic acids is 1. The molecule has 1 aliphatic heterocycles. The predicted octanol–water partition coefficient (Wildman–Crippen LogP) is 3.34. The number of aliphatic carboxylic acids is 1. The number of hydrogen-bond acceptors (Lipinski definition) is 3. The third-order valence-electron chi connectivity index (χ3n) is 4.95. The van der Waals surface area contributed by atoms with Crippen LogP contribution in [0.3, 0.4) is 0 Å². The van der Waals surface area contributed by atoms with Crippen LogP contribution < -0.4 is 0 Å². The van der Waals surface area contributed by atoms with Crippen LogP contribution in [-0.4, -0.2) is 34.5 Å². The lowest BCUT2D eigenvalue weighted by Gasteiger charge is -2.36. The third kappa shape index (κ3) is 3.05. The molecule has 1 aliphatic carbocycles. The number of carboxylic acids is 1. The second-order valence-corrected chi connectivity index (χ2v) is 7.68. The lowest BCUT2D eigenvalue weighted by Crippen LogP contribution is -2.47. The number of aryl methyl sites for hydroxylation is 2. The smallest absolute Gasteiger partial charge is 0.308 e. The van der Waals surface area contributed by atoms with Gasteiger partial charge in [0.15, 0.2) is 0 Å². The van der Waals surface area contributed by atoms with Gasteiger partial charge < -0.3 is 10.0 Å². The van der Waals surface area contributed by atoms with Crippen LogP contribution in [0, 0.1) is 5.92 Å². The molecular weight excluding hydrogens is 298 g/mol. The van der Waals surface area contributed by atoms with E-state index in [0.29, 0.717) is 13.0 Å². The van der Waals surface area contributed by atoms with E-state index in [4.69, 9.17) is 0 Å². The number of likely N-dealkylation sites (tertiary alicyclic amines) is 1. The maximum Gasteiger partial charge on any atom is 0.308 e. The van der Waals surface area contributed by atoms with Crippen molar-refractivity contribution in [1.29, 1.82) is 0 Å². The van der Waals surface area contributed by atoms with Crippen molar-refractivity contribution in [2.24, 2.45) is 5.92 Å². The minimum absolute atomic E-state index is 0.0246. The zero-order valence-corrected chi connectivity index (χ0v) is 13.8. The van der Waals surface area contributed by atoms with Gasteiger partial charge in [-0.05, 0) is 57.1 Å². The fraction of sp³-hybridized carbons (Fsp3) is 0.647. The number of rotatable bonds is 2. The van der Waals surface area contributed by atoms with E-state index in [2.05, 4.69) is 6.07 Å². The molecule has 1 amide bonds. The molecule has 1 saturated heterocycles. The van der Waals surface area contributed by atoms with E-state index in [-0.39, 0.29) is 11.9 Å². The van der Waals surface area contributed by atoms with Crippen LogP contribution in [0.25, 0.3) is 0 Å². The predicted molar refractivity (Wildman–Crippen MR) is 86.4 cm³/mol. The standard InChI is InChI=1S/C17H23NO3S/c1-11-7-8-13(17(20)21)10-18(11)16(19)15-9-12-5-3-2-4-6-14(12)22-15/h9,11,13H,2-8,10H2,1H3,(H,20,21). The SMILES string of the molecule is CC1CCC(C(=O)O)CN1C(=O)c1cc2c(s1)CCCCC2. The van der Waals surface area contributed by atoms with Gasteiger partial charge in [0, 0.05) is 17.5 Å². The first-order valence-corrected chi connectivity index (χ1v) is 9.03. The minimum atomic E-state index is -0.785. The summed E-state index contributed by atoms with van der Waals surface area (Å²) in [6.07, 6.45) is 7.29. The monoisotopic (exact) mass is 321 g/mol. The molecule has 1 N–H and O–H groups in total. The van der Waals surface area contributed by atoms with Crippen molar-refractivity contribution in [3.05, 3.63) is 21.4 Å². The first-order chi connectivity index (χ1) is 10.6. The molecule has 0 radical (unpaired) electrons. The van der Waals surface area contributed by atoms with Crippen LogP contribution in [0.5, 0.6) is 0 Å². The Balaban J connectivity index is 1.79. The zero-order valence-electron chi connectivity index (χ0n) is 13.0. The summed E-state index contributed by atoms with van der Waals surface area (Å²) in [5.41, 5.74) is 1.34. The topological polar surface area (TPSA) is 57.6 Å². The van der Waals surface area contributed by atoms with Crippen LogP contribution in [0.2, 0.25) is 0 Å².